The minimum absolute atomic E-state index is 0.0877. The largest absolute Gasteiger partial charge is 0.391 e. The Labute approximate surface area is 106 Å². The van der Waals surface area contributed by atoms with E-state index in [2.05, 4.69) is 5.32 Å². The van der Waals surface area contributed by atoms with Crippen molar-refractivity contribution in [2.75, 3.05) is 5.32 Å². The summed E-state index contributed by atoms with van der Waals surface area (Å²) >= 11 is 12.0. The number of aliphatic hydroxyl groups excluding tert-OH is 1. The number of benzene rings is 1. The second-order valence-electron chi connectivity index (χ2n) is 4.20. The molecule has 1 aromatic rings. The van der Waals surface area contributed by atoms with E-state index >= 15 is 0 Å². The van der Waals surface area contributed by atoms with Gasteiger partial charge in [0.05, 0.1) is 27.9 Å². The second-order valence-corrected chi connectivity index (χ2v) is 4.99. The fourth-order valence-corrected chi connectivity index (χ4v) is 2.45. The summed E-state index contributed by atoms with van der Waals surface area (Å²) in [6.07, 6.45) is 3.79. The number of hydrogen-bond acceptors (Lipinski definition) is 2. The topological polar surface area (TPSA) is 32.3 Å². The number of rotatable bonds is 2. The molecule has 0 aliphatic heterocycles. The minimum atomic E-state index is -0.288. The van der Waals surface area contributed by atoms with Crippen molar-refractivity contribution in [3.63, 3.8) is 0 Å². The average molecular weight is 260 g/mol. The molecule has 0 radical (unpaired) electrons. The minimum Gasteiger partial charge on any atom is -0.391 e. The van der Waals surface area contributed by atoms with Crippen LogP contribution >= 0.6 is 23.2 Å². The molecule has 0 saturated heterocycles. The highest BCUT2D eigenvalue weighted by molar-refractivity contribution is 6.43. The molecular weight excluding hydrogens is 245 g/mol. The van der Waals surface area contributed by atoms with Crippen LogP contribution in [-0.2, 0) is 0 Å². The third-order valence-corrected chi connectivity index (χ3v) is 3.84. The molecular formula is C12H15Cl2NO. The molecule has 1 aliphatic rings. The van der Waals surface area contributed by atoms with E-state index in [-0.39, 0.29) is 12.1 Å². The Hall–Kier alpha value is -0.440. The SMILES string of the molecule is O[C@H]1CCCC[C@@H]1Nc1cccc(Cl)c1Cl. The molecule has 0 bridgehead atoms. The summed E-state index contributed by atoms with van der Waals surface area (Å²) in [5.41, 5.74) is 0.806. The summed E-state index contributed by atoms with van der Waals surface area (Å²) in [6, 6.07) is 5.58. The van der Waals surface area contributed by atoms with Gasteiger partial charge in [-0.15, -0.1) is 0 Å². The molecule has 2 atom stereocenters. The van der Waals surface area contributed by atoms with E-state index in [1.165, 1.54) is 0 Å². The van der Waals surface area contributed by atoms with Gasteiger partial charge in [-0.25, -0.2) is 0 Å². The summed E-state index contributed by atoms with van der Waals surface area (Å²) in [7, 11) is 0. The predicted molar refractivity (Wildman–Crippen MR) is 68.3 cm³/mol. The molecule has 88 valence electrons. The fourth-order valence-electron chi connectivity index (χ4n) is 2.09. The van der Waals surface area contributed by atoms with Gasteiger partial charge in [-0.2, -0.15) is 0 Å². The third kappa shape index (κ3) is 2.62. The Morgan fingerprint density at radius 3 is 2.69 bits per heavy atom. The summed E-state index contributed by atoms with van der Waals surface area (Å²) in [5.74, 6) is 0. The first kappa shape index (κ1) is 12.0. The summed E-state index contributed by atoms with van der Waals surface area (Å²) < 4.78 is 0. The zero-order chi connectivity index (χ0) is 11.5. The third-order valence-electron chi connectivity index (χ3n) is 3.02. The molecule has 0 aromatic heterocycles. The summed E-state index contributed by atoms with van der Waals surface area (Å²) in [5, 5.41) is 14.2. The van der Waals surface area contributed by atoms with Crippen LogP contribution in [0.1, 0.15) is 25.7 Å². The van der Waals surface area contributed by atoms with Gasteiger partial charge in [-0.3, -0.25) is 0 Å². The standard InChI is InChI=1S/C12H15Cl2NO/c13-8-4-3-6-10(12(8)14)15-9-5-1-2-7-11(9)16/h3-4,6,9,11,15-16H,1-2,5,7H2/t9-,11-/m0/s1. The maximum Gasteiger partial charge on any atom is 0.0823 e. The highest BCUT2D eigenvalue weighted by Crippen LogP contribution is 2.31. The molecule has 0 heterocycles. The van der Waals surface area contributed by atoms with Crippen LogP contribution in [0.15, 0.2) is 18.2 Å². The average Bonchev–Trinajstić information content (AvgIpc) is 2.28. The number of anilines is 1. The molecule has 2 rings (SSSR count). The van der Waals surface area contributed by atoms with Crippen LogP contribution in [0.3, 0.4) is 0 Å². The Kier molecular flexibility index (Phi) is 3.95. The monoisotopic (exact) mass is 259 g/mol. The smallest absolute Gasteiger partial charge is 0.0823 e. The molecule has 2 N–H and O–H groups in total. The van der Waals surface area contributed by atoms with Crippen LogP contribution in [0.25, 0.3) is 0 Å². The van der Waals surface area contributed by atoms with Crippen LogP contribution in [-0.4, -0.2) is 17.3 Å². The lowest BCUT2D eigenvalue weighted by Crippen LogP contribution is -2.36. The van der Waals surface area contributed by atoms with Crippen molar-refractivity contribution in [1.82, 2.24) is 0 Å². The summed E-state index contributed by atoms with van der Waals surface area (Å²) in [4.78, 5) is 0. The van der Waals surface area contributed by atoms with E-state index in [9.17, 15) is 5.11 Å². The van der Waals surface area contributed by atoms with Crippen molar-refractivity contribution in [1.29, 1.82) is 0 Å². The number of nitrogens with one attached hydrogen (secondary N) is 1. The van der Waals surface area contributed by atoms with Crippen LogP contribution < -0.4 is 5.32 Å². The van der Waals surface area contributed by atoms with Gasteiger partial charge in [0.15, 0.2) is 0 Å². The van der Waals surface area contributed by atoms with E-state index < -0.39 is 0 Å². The van der Waals surface area contributed by atoms with Gasteiger partial charge in [0.25, 0.3) is 0 Å². The molecule has 1 saturated carbocycles. The van der Waals surface area contributed by atoms with Gasteiger partial charge in [0, 0.05) is 0 Å². The molecule has 2 nitrogen and oxygen atoms in total. The van der Waals surface area contributed by atoms with Crippen LogP contribution in [0.5, 0.6) is 0 Å². The molecule has 0 unspecified atom stereocenters. The maximum absolute atomic E-state index is 9.85. The fraction of sp³-hybridized carbons (Fsp3) is 0.500. The molecule has 1 aliphatic carbocycles. The molecule has 4 heteroatoms. The number of aliphatic hydroxyl groups is 1. The first-order valence-corrected chi connectivity index (χ1v) is 6.32. The van der Waals surface area contributed by atoms with Crippen molar-refractivity contribution in [2.24, 2.45) is 0 Å². The van der Waals surface area contributed by atoms with Crippen molar-refractivity contribution < 1.29 is 5.11 Å². The van der Waals surface area contributed by atoms with Crippen molar-refractivity contribution in [3.05, 3.63) is 28.2 Å². The lowest BCUT2D eigenvalue weighted by atomic mass is 9.92. The number of halogens is 2. The van der Waals surface area contributed by atoms with Crippen molar-refractivity contribution in [2.45, 2.75) is 37.8 Å². The number of hydrogen-bond donors (Lipinski definition) is 2. The van der Waals surface area contributed by atoms with E-state index in [0.29, 0.717) is 10.0 Å². The molecule has 1 fully saturated rings. The van der Waals surface area contributed by atoms with Crippen molar-refractivity contribution >= 4 is 28.9 Å². The first-order chi connectivity index (χ1) is 7.68. The van der Waals surface area contributed by atoms with E-state index in [1.54, 1.807) is 6.07 Å². The second kappa shape index (κ2) is 5.26. The first-order valence-electron chi connectivity index (χ1n) is 5.57. The quantitative estimate of drug-likeness (QED) is 0.849. The van der Waals surface area contributed by atoms with Gasteiger partial charge in [-0.05, 0) is 25.0 Å². The van der Waals surface area contributed by atoms with E-state index in [4.69, 9.17) is 23.2 Å². The van der Waals surface area contributed by atoms with Gasteiger partial charge >= 0.3 is 0 Å². The lowest BCUT2D eigenvalue weighted by Gasteiger charge is -2.29. The molecule has 16 heavy (non-hydrogen) atoms. The molecule has 0 amide bonds. The summed E-state index contributed by atoms with van der Waals surface area (Å²) in [6.45, 7) is 0. The zero-order valence-electron chi connectivity index (χ0n) is 8.92. The Balaban J connectivity index is 2.10. The van der Waals surface area contributed by atoms with Crippen LogP contribution in [0.2, 0.25) is 10.0 Å². The highest BCUT2D eigenvalue weighted by atomic mass is 35.5. The Bertz CT molecular complexity index is 370. The van der Waals surface area contributed by atoms with Gasteiger partial charge < -0.3 is 10.4 Å². The molecule has 0 spiro atoms. The van der Waals surface area contributed by atoms with Gasteiger partial charge in [-0.1, -0.05) is 42.1 Å². The Morgan fingerprint density at radius 2 is 1.94 bits per heavy atom. The van der Waals surface area contributed by atoms with E-state index in [1.807, 2.05) is 12.1 Å². The van der Waals surface area contributed by atoms with Crippen LogP contribution in [0, 0.1) is 0 Å². The lowest BCUT2D eigenvalue weighted by molar-refractivity contribution is 0.116. The van der Waals surface area contributed by atoms with Gasteiger partial charge in [0.1, 0.15) is 0 Å². The maximum atomic E-state index is 9.85. The zero-order valence-corrected chi connectivity index (χ0v) is 10.4. The predicted octanol–water partition coefficient (Wildman–Crippen LogP) is 3.71. The highest BCUT2D eigenvalue weighted by Gasteiger charge is 2.23. The van der Waals surface area contributed by atoms with Gasteiger partial charge in [0.2, 0.25) is 0 Å². The van der Waals surface area contributed by atoms with Crippen molar-refractivity contribution in [3.8, 4) is 0 Å². The van der Waals surface area contributed by atoms with E-state index in [0.717, 1.165) is 31.4 Å². The molecule has 1 aromatic carbocycles. The normalized spacial score (nSPS) is 25.4. The van der Waals surface area contributed by atoms with Crippen LogP contribution in [0.4, 0.5) is 5.69 Å². The Morgan fingerprint density at radius 1 is 1.19 bits per heavy atom.